The fourth-order valence-corrected chi connectivity index (χ4v) is 11.7. The number of para-hydroxylation sites is 2. The third-order valence-electron chi connectivity index (χ3n) is 15.9. The van der Waals surface area contributed by atoms with Crippen molar-refractivity contribution in [3.63, 3.8) is 0 Å². The quantitative estimate of drug-likeness (QED) is 0.137. The van der Waals surface area contributed by atoms with Crippen molar-refractivity contribution in [1.29, 1.82) is 0 Å². The molecule has 0 saturated carbocycles. The maximum atomic E-state index is 7.38. The first-order valence-corrected chi connectivity index (χ1v) is 26.8. The average Bonchev–Trinajstić information content (AvgIpc) is 4.19. The van der Waals surface area contributed by atoms with Gasteiger partial charge in [0, 0.05) is 66.8 Å². The molecule has 13 rings (SSSR count). The van der Waals surface area contributed by atoms with Crippen molar-refractivity contribution in [3.05, 3.63) is 240 Å². The van der Waals surface area contributed by atoms with Crippen molar-refractivity contribution in [1.82, 2.24) is 0 Å². The van der Waals surface area contributed by atoms with Crippen LogP contribution in [0, 0.1) is 27.7 Å². The summed E-state index contributed by atoms with van der Waals surface area (Å²) in [6, 6.07) is 75.5. The molecule has 0 unspecified atom stereocenters. The summed E-state index contributed by atoms with van der Waals surface area (Å²) in [5.74, 6) is 0.796. The SMILES string of the molecule is Cc1ccccc1N(c1ccc2cc3c(cc2c1)oc1c(-c2ccccc2)c2c(oc4cc5cc(N(c6ccccc6C)c6cc(C(C)C)ccc6C)ccc5cc42)c(-c2ccccc2)c13)c1cc(C(C)C)ccc1C. The Kier molecular flexibility index (Phi) is 11.4. The average molecular weight is 985 g/mol. The zero-order valence-electron chi connectivity index (χ0n) is 44.5. The largest absolute Gasteiger partial charge is 0.455 e. The van der Waals surface area contributed by atoms with E-state index in [2.05, 4.69) is 271 Å². The third kappa shape index (κ3) is 7.82. The highest BCUT2D eigenvalue weighted by Crippen LogP contribution is 2.52. The number of nitrogens with zero attached hydrogens (tertiary/aromatic N) is 2. The second-order valence-electron chi connectivity index (χ2n) is 21.5. The smallest absolute Gasteiger partial charge is 0.144 e. The molecule has 0 bridgehead atoms. The predicted octanol–water partition coefficient (Wildman–Crippen LogP) is 21.5. The molecule has 0 amide bonds. The van der Waals surface area contributed by atoms with Gasteiger partial charge in [-0.15, -0.1) is 0 Å². The number of hydrogen-bond donors (Lipinski definition) is 0. The van der Waals surface area contributed by atoms with Crippen LogP contribution in [0.4, 0.5) is 34.1 Å². The molecule has 0 spiro atoms. The van der Waals surface area contributed by atoms with Crippen LogP contribution < -0.4 is 9.80 Å². The number of fused-ring (bicyclic) bond motifs is 8. The Bertz CT molecular complexity index is 4120. The van der Waals surface area contributed by atoms with Gasteiger partial charge in [0.25, 0.3) is 0 Å². The first-order valence-electron chi connectivity index (χ1n) is 26.8. The number of rotatable bonds is 10. The Morgan fingerprint density at radius 1 is 0.329 bits per heavy atom. The summed E-state index contributed by atoms with van der Waals surface area (Å²) in [4.78, 5) is 4.85. The Balaban J connectivity index is 1.05. The molecular formula is C72H60N2O2. The number of benzene rings is 11. The highest BCUT2D eigenvalue weighted by Gasteiger charge is 2.28. The minimum absolute atomic E-state index is 0.398. The summed E-state index contributed by atoms with van der Waals surface area (Å²) >= 11 is 0. The van der Waals surface area contributed by atoms with Crippen LogP contribution in [0.2, 0.25) is 0 Å². The van der Waals surface area contributed by atoms with Crippen LogP contribution in [0.3, 0.4) is 0 Å². The first kappa shape index (κ1) is 46.9. The Morgan fingerprint density at radius 3 is 1.11 bits per heavy atom. The van der Waals surface area contributed by atoms with Gasteiger partial charge in [-0.3, -0.25) is 0 Å². The summed E-state index contributed by atoms with van der Waals surface area (Å²) in [6.45, 7) is 17.9. The van der Waals surface area contributed by atoms with E-state index in [0.717, 1.165) is 110 Å². The fourth-order valence-electron chi connectivity index (χ4n) is 11.7. The van der Waals surface area contributed by atoms with Crippen LogP contribution in [0.25, 0.3) is 87.7 Å². The minimum Gasteiger partial charge on any atom is -0.455 e. The monoisotopic (exact) mass is 984 g/mol. The molecule has 4 nitrogen and oxygen atoms in total. The molecular weight excluding hydrogens is 925 g/mol. The number of furan rings is 2. The lowest BCUT2D eigenvalue weighted by Gasteiger charge is -2.29. The summed E-state index contributed by atoms with van der Waals surface area (Å²) in [6.07, 6.45) is 0. The molecule has 0 N–H and O–H groups in total. The van der Waals surface area contributed by atoms with Crippen LogP contribution >= 0.6 is 0 Å². The van der Waals surface area contributed by atoms with Gasteiger partial charge in [-0.25, -0.2) is 0 Å². The maximum Gasteiger partial charge on any atom is 0.144 e. The molecule has 0 radical (unpaired) electrons. The van der Waals surface area contributed by atoms with E-state index in [4.69, 9.17) is 8.83 Å². The molecule has 0 aliphatic heterocycles. The molecule has 370 valence electrons. The molecule has 0 atom stereocenters. The van der Waals surface area contributed by atoms with Gasteiger partial charge in [0.1, 0.15) is 22.3 Å². The molecule has 76 heavy (non-hydrogen) atoms. The minimum atomic E-state index is 0.398. The van der Waals surface area contributed by atoms with E-state index >= 15 is 0 Å². The summed E-state index contributed by atoms with van der Waals surface area (Å²) < 4.78 is 14.8. The lowest BCUT2D eigenvalue weighted by molar-refractivity contribution is 0.666. The van der Waals surface area contributed by atoms with Gasteiger partial charge in [0.2, 0.25) is 0 Å². The van der Waals surface area contributed by atoms with Crippen LogP contribution in [-0.2, 0) is 0 Å². The molecule has 13 aromatic rings. The Hall–Kier alpha value is -8.86. The third-order valence-corrected chi connectivity index (χ3v) is 15.9. The van der Waals surface area contributed by atoms with E-state index in [1.807, 2.05) is 0 Å². The van der Waals surface area contributed by atoms with Gasteiger partial charge in [0.15, 0.2) is 0 Å². The normalized spacial score (nSPS) is 11.9. The highest BCUT2D eigenvalue weighted by atomic mass is 16.3. The van der Waals surface area contributed by atoms with Crippen LogP contribution in [-0.4, -0.2) is 0 Å². The van der Waals surface area contributed by atoms with E-state index in [0.29, 0.717) is 11.8 Å². The predicted molar refractivity (Wildman–Crippen MR) is 323 cm³/mol. The first-order chi connectivity index (χ1) is 37.0. The summed E-state index contributed by atoms with van der Waals surface area (Å²) in [5, 5.41) is 8.65. The van der Waals surface area contributed by atoms with E-state index in [1.165, 1.54) is 44.8 Å². The van der Waals surface area contributed by atoms with Crippen LogP contribution in [0.1, 0.15) is 72.9 Å². The van der Waals surface area contributed by atoms with Crippen molar-refractivity contribution in [2.45, 2.75) is 67.2 Å². The topological polar surface area (TPSA) is 32.8 Å². The van der Waals surface area contributed by atoms with Crippen molar-refractivity contribution in [3.8, 4) is 22.3 Å². The second-order valence-corrected chi connectivity index (χ2v) is 21.5. The molecule has 2 heterocycles. The number of anilines is 6. The van der Waals surface area contributed by atoms with Gasteiger partial charge in [-0.05, 0) is 178 Å². The van der Waals surface area contributed by atoms with Crippen molar-refractivity contribution >= 4 is 99.5 Å². The highest BCUT2D eigenvalue weighted by molar-refractivity contribution is 6.31. The number of hydrogen-bond acceptors (Lipinski definition) is 4. The van der Waals surface area contributed by atoms with Crippen molar-refractivity contribution < 1.29 is 8.83 Å². The Morgan fingerprint density at radius 2 is 0.711 bits per heavy atom. The van der Waals surface area contributed by atoms with E-state index in [1.54, 1.807) is 0 Å². The molecule has 0 aliphatic rings. The van der Waals surface area contributed by atoms with Gasteiger partial charge in [-0.2, -0.15) is 0 Å². The standard InChI is InChI=1S/C72H60N2O2/c1-43(2)51-29-27-47(7)63(39-51)73(61-25-17-15-19-45(61)5)57-33-31-53-37-59-65(41-55(53)35-57)75-71-68(50-23-13-10-14-24-50)70-60-38-54-32-34-58(36-56(54)42-66(60)76-72(70)67(69(59)71)49-21-11-9-12-22-49)74(62-26-18-16-20-46(62)6)64-40-52(44(3)4)30-28-48(64)8/h9-44H,1-8H3. The van der Waals surface area contributed by atoms with Crippen LogP contribution in [0.5, 0.6) is 0 Å². The lowest BCUT2D eigenvalue weighted by Crippen LogP contribution is -2.13. The molecule has 0 aliphatic carbocycles. The fraction of sp³-hybridized carbons (Fsp3) is 0.139. The van der Waals surface area contributed by atoms with Gasteiger partial charge < -0.3 is 18.6 Å². The molecule has 0 fully saturated rings. The summed E-state index contributed by atoms with van der Waals surface area (Å²) in [7, 11) is 0. The zero-order valence-corrected chi connectivity index (χ0v) is 44.5. The zero-order chi connectivity index (χ0) is 51.9. The van der Waals surface area contributed by atoms with Gasteiger partial charge >= 0.3 is 0 Å². The lowest BCUT2D eigenvalue weighted by atomic mass is 9.90. The molecule has 4 heteroatoms. The van der Waals surface area contributed by atoms with E-state index < -0.39 is 0 Å². The maximum absolute atomic E-state index is 7.38. The van der Waals surface area contributed by atoms with Crippen molar-refractivity contribution in [2.75, 3.05) is 9.80 Å². The summed E-state index contributed by atoms with van der Waals surface area (Å²) in [5.41, 5.74) is 21.9. The van der Waals surface area contributed by atoms with Gasteiger partial charge in [0.05, 0.1) is 0 Å². The molecule has 2 aromatic heterocycles. The van der Waals surface area contributed by atoms with Gasteiger partial charge in [-0.1, -0.05) is 161 Å². The van der Waals surface area contributed by atoms with Crippen LogP contribution in [0.15, 0.2) is 215 Å². The molecule has 0 saturated heterocycles. The van der Waals surface area contributed by atoms with Crippen molar-refractivity contribution in [2.24, 2.45) is 0 Å². The molecule has 11 aromatic carbocycles. The van der Waals surface area contributed by atoms with E-state index in [-0.39, 0.29) is 0 Å². The number of aryl methyl sites for hydroxylation is 4. The van der Waals surface area contributed by atoms with E-state index in [9.17, 15) is 0 Å². The Labute approximate surface area is 445 Å². The second kappa shape index (κ2) is 18.5.